The van der Waals surface area contributed by atoms with Gasteiger partial charge in [0, 0.05) is 51.7 Å². The SMILES string of the molecule is CC(C)(C)n1cc(Cc2cn(C(C)(C)C)c3ccccc23)c2ccccc21. The molecule has 0 amide bonds. The standard InChI is InChI=1S/C25H30N2/c1-24(2,3)26-16-18(20-11-7-9-13-22(20)26)15-19-17-27(25(4,5)6)23-14-10-8-12-21(19)23/h7-14,16-17H,15H2,1-6H3. The van der Waals surface area contributed by atoms with Crippen LogP contribution in [0.5, 0.6) is 0 Å². The molecule has 0 aliphatic carbocycles. The maximum absolute atomic E-state index is 2.42. The first-order valence-corrected chi connectivity index (χ1v) is 9.85. The first kappa shape index (κ1) is 17.9. The van der Waals surface area contributed by atoms with E-state index in [0.29, 0.717) is 0 Å². The van der Waals surface area contributed by atoms with Gasteiger partial charge in [0.1, 0.15) is 0 Å². The molecule has 2 aromatic heterocycles. The lowest BCUT2D eigenvalue weighted by atomic mass is 10.0. The molecule has 0 saturated carbocycles. The van der Waals surface area contributed by atoms with Crippen molar-refractivity contribution in [3.63, 3.8) is 0 Å². The first-order chi connectivity index (χ1) is 12.7. The smallest absolute Gasteiger partial charge is 0.0488 e. The number of nitrogens with zero attached hydrogens (tertiary/aromatic N) is 2. The summed E-state index contributed by atoms with van der Waals surface area (Å²) in [5.41, 5.74) is 5.57. The predicted molar refractivity (Wildman–Crippen MR) is 117 cm³/mol. The van der Waals surface area contributed by atoms with Gasteiger partial charge in [0.2, 0.25) is 0 Å². The average Bonchev–Trinajstić information content (AvgIpc) is 3.15. The van der Waals surface area contributed by atoms with Crippen LogP contribution in [0.2, 0.25) is 0 Å². The number of aromatic nitrogens is 2. The van der Waals surface area contributed by atoms with Crippen LogP contribution >= 0.6 is 0 Å². The summed E-state index contributed by atoms with van der Waals surface area (Å²) in [6.07, 6.45) is 5.66. The van der Waals surface area contributed by atoms with Crippen molar-refractivity contribution in [1.82, 2.24) is 9.13 Å². The summed E-state index contributed by atoms with van der Waals surface area (Å²) in [4.78, 5) is 0. The minimum Gasteiger partial charge on any atom is -0.342 e. The van der Waals surface area contributed by atoms with Gasteiger partial charge in [-0.25, -0.2) is 0 Å². The van der Waals surface area contributed by atoms with Crippen LogP contribution < -0.4 is 0 Å². The number of hydrogen-bond donors (Lipinski definition) is 0. The van der Waals surface area contributed by atoms with E-state index in [2.05, 4.69) is 112 Å². The molecule has 4 aromatic rings. The van der Waals surface area contributed by atoms with E-state index in [9.17, 15) is 0 Å². The van der Waals surface area contributed by atoms with Gasteiger partial charge in [-0.15, -0.1) is 0 Å². The monoisotopic (exact) mass is 358 g/mol. The van der Waals surface area contributed by atoms with Gasteiger partial charge < -0.3 is 9.13 Å². The molecule has 0 aliphatic heterocycles. The van der Waals surface area contributed by atoms with Gasteiger partial charge in [-0.1, -0.05) is 36.4 Å². The van der Waals surface area contributed by atoms with Crippen LogP contribution in [-0.2, 0) is 17.5 Å². The van der Waals surface area contributed by atoms with Gasteiger partial charge >= 0.3 is 0 Å². The molecule has 0 N–H and O–H groups in total. The molecule has 2 aromatic carbocycles. The Labute approximate surface area is 162 Å². The zero-order valence-corrected chi connectivity index (χ0v) is 17.4. The zero-order chi connectivity index (χ0) is 19.4. The topological polar surface area (TPSA) is 9.86 Å². The van der Waals surface area contributed by atoms with Crippen molar-refractivity contribution in [3.8, 4) is 0 Å². The second-order valence-electron chi connectivity index (χ2n) is 9.60. The summed E-state index contributed by atoms with van der Waals surface area (Å²) in [5, 5.41) is 2.72. The molecule has 0 bridgehead atoms. The summed E-state index contributed by atoms with van der Waals surface area (Å²) in [6.45, 7) is 13.6. The van der Waals surface area contributed by atoms with E-state index >= 15 is 0 Å². The largest absolute Gasteiger partial charge is 0.342 e. The van der Waals surface area contributed by atoms with E-state index in [-0.39, 0.29) is 11.1 Å². The predicted octanol–water partition coefficient (Wildman–Crippen LogP) is 6.70. The van der Waals surface area contributed by atoms with Crippen molar-refractivity contribution in [2.45, 2.75) is 59.0 Å². The quantitative estimate of drug-likeness (QED) is 0.377. The van der Waals surface area contributed by atoms with E-state index in [1.807, 2.05) is 0 Å². The fourth-order valence-corrected chi connectivity index (χ4v) is 4.10. The van der Waals surface area contributed by atoms with Crippen molar-refractivity contribution in [2.75, 3.05) is 0 Å². The molecule has 0 radical (unpaired) electrons. The Bertz CT molecular complexity index is 1020. The third kappa shape index (κ3) is 3.07. The first-order valence-electron chi connectivity index (χ1n) is 9.85. The van der Waals surface area contributed by atoms with Gasteiger partial charge in [-0.3, -0.25) is 0 Å². The summed E-state index contributed by atoms with van der Waals surface area (Å²) in [7, 11) is 0. The highest BCUT2D eigenvalue weighted by molar-refractivity contribution is 5.88. The van der Waals surface area contributed by atoms with Gasteiger partial charge in [0.25, 0.3) is 0 Å². The number of para-hydroxylation sites is 2. The van der Waals surface area contributed by atoms with E-state index in [0.717, 1.165) is 6.42 Å². The average molecular weight is 359 g/mol. The van der Waals surface area contributed by atoms with Crippen molar-refractivity contribution in [3.05, 3.63) is 72.1 Å². The highest BCUT2D eigenvalue weighted by Gasteiger charge is 2.21. The van der Waals surface area contributed by atoms with E-state index in [1.54, 1.807) is 0 Å². The third-order valence-electron chi connectivity index (χ3n) is 5.42. The Morgan fingerprint density at radius 2 is 0.963 bits per heavy atom. The van der Waals surface area contributed by atoms with E-state index in [4.69, 9.17) is 0 Å². The van der Waals surface area contributed by atoms with Crippen molar-refractivity contribution >= 4 is 21.8 Å². The summed E-state index contributed by atoms with van der Waals surface area (Å²) < 4.78 is 4.83. The molecule has 140 valence electrons. The normalized spacial score (nSPS) is 13.0. The van der Waals surface area contributed by atoms with E-state index in [1.165, 1.54) is 32.9 Å². The lowest BCUT2D eigenvalue weighted by Crippen LogP contribution is -2.20. The molecule has 2 heteroatoms. The Balaban J connectivity index is 1.89. The van der Waals surface area contributed by atoms with Crippen molar-refractivity contribution < 1.29 is 0 Å². The third-order valence-corrected chi connectivity index (χ3v) is 5.42. The van der Waals surface area contributed by atoms with Crippen molar-refractivity contribution in [1.29, 1.82) is 0 Å². The maximum atomic E-state index is 2.42. The molecule has 27 heavy (non-hydrogen) atoms. The van der Waals surface area contributed by atoms with Crippen LogP contribution in [0.15, 0.2) is 60.9 Å². The fraction of sp³-hybridized carbons (Fsp3) is 0.360. The Morgan fingerprint density at radius 3 is 1.33 bits per heavy atom. The zero-order valence-electron chi connectivity index (χ0n) is 17.4. The molecule has 0 fully saturated rings. The number of fused-ring (bicyclic) bond motifs is 2. The van der Waals surface area contributed by atoms with Crippen LogP contribution in [0.1, 0.15) is 52.7 Å². The molecular formula is C25H30N2. The minimum absolute atomic E-state index is 0.0667. The molecule has 0 unspecified atom stereocenters. The maximum Gasteiger partial charge on any atom is 0.0488 e. The van der Waals surface area contributed by atoms with Gasteiger partial charge in [0.15, 0.2) is 0 Å². The van der Waals surface area contributed by atoms with Crippen LogP contribution in [0.4, 0.5) is 0 Å². The molecule has 0 aliphatic rings. The Hall–Kier alpha value is -2.48. The summed E-state index contributed by atoms with van der Waals surface area (Å²) in [5.74, 6) is 0. The molecule has 0 atom stereocenters. The highest BCUT2D eigenvalue weighted by Crippen LogP contribution is 2.33. The Kier molecular flexibility index (Phi) is 3.99. The van der Waals surface area contributed by atoms with Crippen LogP contribution in [0.3, 0.4) is 0 Å². The van der Waals surface area contributed by atoms with E-state index < -0.39 is 0 Å². The number of hydrogen-bond acceptors (Lipinski definition) is 0. The molecule has 2 nitrogen and oxygen atoms in total. The summed E-state index contributed by atoms with van der Waals surface area (Å²) in [6, 6.07) is 17.6. The molecule has 2 heterocycles. The molecule has 4 rings (SSSR count). The van der Waals surface area contributed by atoms with Crippen LogP contribution in [-0.4, -0.2) is 9.13 Å². The fourth-order valence-electron chi connectivity index (χ4n) is 4.10. The second kappa shape index (κ2) is 6.02. The van der Waals surface area contributed by atoms with Crippen molar-refractivity contribution in [2.24, 2.45) is 0 Å². The highest BCUT2D eigenvalue weighted by atomic mass is 15.0. The van der Waals surface area contributed by atoms with Gasteiger partial charge in [-0.05, 0) is 64.8 Å². The second-order valence-corrected chi connectivity index (χ2v) is 9.60. The molecule has 0 saturated heterocycles. The summed E-state index contributed by atoms with van der Waals surface area (Å²) >= 11 is 0. The minimum atomic E-state index is 0.0667. The van der Waals surface area contributed by atoms with Gasteiger partial charge in [-0.2, -0.15) is 0 Å². The number of benzene rings is 2. The lowest BCUT2D eigenvalue weighted by molar-refractivity contribution is 0.410. The Morgan fingerprint density at radius 1 is 0.593 bits per heavy atom. The number of rotatable bonds is 2. The van der Waals surface area contributed by atoms with Crippen LogP contribution in [0, 0.1) is 0 Å². The lowest BCUT2D eigenvalue weighted by Gasteiger charge is -2.22. The molecular weight excluding hydrogens is 328 g/mol. The molecule has 0 spiro atoms. The van der Waals surface area contributed by atoms with Gasteiger partial charge in [0.05, 0.1) is 0 Å². The van der Waals surface area contributed by atoms with Crippen LogP contribution in [0.25, 0.3) is 21.8 Å².